The summed E-state index contributed by atoms with van der Waals surface area (Å²) in [6, 6.07) is 10.0. The van der Waals surface area contributed by atoms with Gasteiger partial charge >= 0.3 is 11.9 Å². The zero-order valence-electron chi connectivity index (χ0n) is 14.0. The molecule has 0 aromatic heterocycles. The number of benzene rings is 1. The average molecular weight is 316 g/mol. The molecule has 1 rings (SSSR count). The minimum absolute atomic E-state index is 0.350. The molecule has 0 amide bonds. The molecule has 124 valence electrons. The molecule has 0 saturated heterocycles. The Hall–Kier alpha value is -2.62. The van der Waals surface area contributed by atoms with Crippen LogP contribution in [0, 0.1) is 0 Å². The van der Waals surface area contributed by atoms with Gasteiger partial charge in [-0.15, -0.1) is 0 Å². The summed E-state index contributed by atoms with van der Waals surface area (Å²) in [7, 11) is 1.36. The van der Waals surface area contributed by atoms with Crippen LogP contribution in [0.1, 0.15) is 25.8 Å². The number of hydrogen-bond acceptors (Lipinski definition) is 4. The molecule has 4 heteroatoms. The van der Waals surface area contributed by atoms with E-state index in [1.807, 2.05) is 43.3 Å². The number of allylic oxidation sites excluding steroid dienone is 2. The summed E-state index contributed by atoms with van der Waals surface area (Å²) < 4.78 is 9.02. The Morgan fingerprint density at radius 2 is 1.83 bits per heavy atom. The van der Waals surface area contributed by atoms with Crippen molar-refractivity contribution in [3.63, 3.8) is 0 Å². The lowest BCUT2D eigenvalue weighted by Crippen LogP contribution is -2.02. The zero-order valence-corrected chi connectivity index (χ0v) is 14.0. The van der Waals surface area contributed by atoms with Crippen LogP contribution in [-0.4, -0.2) is 25.7 Å². The topological polar surface area (TPSA) is 52.6 Å². The van der Waals surface area contributed by atoms with Gasteiger partial charge in [0, 0.05) is 11.6 Å². The van der Waals surface area contributed by atoms with Crippen molar-refractivity contribution in [3.05, 3.63) is 66.8 Å². The molecule has 23 heavy (non-hydrogen) atoms. The van der Waals surface area contributed by atoms with Gasteiger partial charge < -0.3 is 9.47 Å². The molecule has 0 unspecified atom stereocenters. The van der Waals surface area contributed by atoms with E-state index in [1.54, 1.807) is 6.92 Å². The highest BCUT2D eigenvalue weighted by Gasteiger charge is 2.04. The Bertz CT molecular complexity index is 556. The molecule has 0 bridgehead atoms. The number of hydrogen-bond donors (Lipinski definition) is 0. The highest BCUT2D eigenvalue weighted by Crippen LogP contribution is 2.15. The maximum absolute atomic E-state index is 11.1. The van der Waals surface area contributed by atoms with E-state index < -0.39 is 0 Å². The number of esters is 2. The molecule has 0 atom stereocenters. The lowest BCUT2D eigenvalue weighted by atomic mass is 10.1. The second kappa shape index (κ2) is 12.0. The summed E-state index contributed by atoms with van der Waals surface area (Å²) in [5.74, 6) is -0.709. The van der Waals surface area contributed by atoms with E-state index in [0.717, 1.165) is 17.2 Å². The summed E-state index contributed by atoms with van der Waals surface area (Å²) in [6.07, 6.45) is 3.64. The normalized spacial score (nSPS) is 9.96. The molecule has 0 fully saturated rings. The fourth-order valence-corrected chi connectivity index (χ4v) is 1.52. The number of methoxy groups -OCH3 is 1. The molecule has 1 aromatic carbocycles. The molecule has 0 radical (unpaired) electrons. The van der Waals surface area contributed by atoms with E-state index in [4.69, 9.17) is 0 Å². The third kappa shape index (κ3) is 9.09. The van der Waals surface area contributed by atoms with Gasteiger partial charge in [0.05, 0.1) is 13.7 Å². The van der Waals surface area contributed by atoms with Crippen LogP contribution in [0.2, 0.25) is 0 Å². The number of carbonyl (C=O) groups excluding carboxylic acids is 2. The molecule has 1 aromatic rings. The fourth-order valence-electron chi connectivity index (χ4n) is 1.52. The summed E-state index contributed by atoms with van der Waals surface area (Å²) in [6.45, 7) is 11.1. The first-order valence-electron chi connectivity index (χ1n) is 7.23. The SMILES string of the molecule is C=C(CC=C(C)c1ccccc1)C(=O)OC.C=CC(=O)OCC. The quantitative estimate of drug-likeness (QED) is 0.589. The lowest BCUT2D eigenvalue weighted by Gasteiger charge is -2.02. The third-order valence-corrected chi connectivity index (χ3v) is 2.81. The Morgan fingerprint density at radius 3 is 2.26 bits per heavy atom. The average Bonchev–Trinajstić information content (AvgIpc) is 2.60. The predicted octanol–water partition coefficient (Wildman–Crippen LogP) is 3.94. The Kier molecular flexibility index (Phi) is 10.6. The Balaban J connectivity index is 0.000000585. The molecule has 0 spiro atoms. The van der Waals surface area contributed by atoms with Gasteiger partial charge in [-0.1, -0.05) is 49.6 Å². The van der Waals surface area contributed by atoms with Gasteiger partial charge in [-0.25, -0.2) is 9.59 Å². The van der Waals surface area contributed by atoms with Crippen molar-refractivity contribution in [1.82, 2.24) is 0 Å². The summed E-state index contributed by atoms with van der Waals surface area (Å²) in [4.78, 5) is 21.2. The second-order valence-corrected chi connectivity index (χ2v) is 4.51. The summed E-state index contributed by atoms with van der Waals surface area (Å²) in [5.41, 5.74) is 2.75. The molecule has 4 nitrogen and oxygen atoms in total. The molecule has 0 aliphatic rings. The van der Waals surface area contributed by atoms with Crippen LogP contribution in [0.15, 0.2) is 61.2 Å². The van der Waals surface area contributed by atoms with Crippen LogP contribution in [0.3, 0.4) is 0 Å². The molecule has 0 N–H and O–H groups in total. The zero-order chi connectivity index (χ0) is 17.7. The van der Waals surface area contributed by atoms with Crippen molar-refractivity contribution >= 4 is 17.5 Å². The minimum Gasteiger partial charge on any atom is -0.466 e. The minimum atomic E-state index is -0.359. The number of rotatable bonds is 6. The van der Waals surface area contributed by atoms with E-state index in [2.05, 4.69) is 22.6 Å². The van der Waals surface area contributed by atoms with E-state index >= 15 is 0 Å². The first kappa shape index (κ1) is 20.4. The van der Waals surface area contributed by atoms with Crippen LogP contribution in [-0.2, 0) is 19.1 Å². The standard InChI is InChI=1S/C14H16O2.C5H8O2/c1-11(13-7-5-4-6-8-13)9-10-12(2)14(15)16-3;1-3-5(6)7-4-2/h4-9H,2,10H2,1,3H3;3H,1,4H2,2H3. The number of ether oxygens (including phenoxy) is 2. The van der Waals surface area contributed by atoms with Crippen molar-refractivity contribution < 1.29 is 19.1 Å². The monoisotopic (exact) mass is 316 g/mol. The van der Waals surface area contributed by atoms with Crippen molar-refractivity contribution in [2.24, 2.45) is 0 Å². The Labute approximate surface area is 138 Å². The van der Waals surface area contributed by atoms with Gasteiger partial charge in [-0.05, 0) is 31.4 Å². The fraction of sp³-hybridized carbons (Fsp3) is 0.263. The second-order valence-electron chi connectivity index (χ2n) is 4.51. The van der Waals surface area contributed by atoms with Gasteiger partial charge in [0.2, 0.25) is 0 Å². The summed E-state index contributed by atoms with van der Waals surface area (Å²) >= 11 is 0. The molecular formula is C19H24O4. The highest BCUT2D eigenvalue weighted by molar-refractivity contribution is 5.88. The predicted molar refractivity (Wildman–Crippen MR) is 92.7 cm³/mol. The van der Waals surface area contributed by atoms with Crippen LogP contribution in [0.4, 0.5) is 0 Å². The molecule has 0 aliphatic heterocycles. The van der Waals surface area contributed by atoms with Gasteiger partial charge in [0.25, 0.3) is 0 Å². The van der Waals surface area contributed by atoms with Crippen molar-refractivity contribution in [3.8, 4) is 0 Å². The maximum Gasteiger partial charge on any atom is 0.333 e. The first-order chi connectivity index (χ1) is 11.0. The number of carbonyl (C=O) groups is 2. The molecule has 0 saturated carbocycles. The first-order valence-corrected chi connectivity index (χ1v) is 7.23. The Morgan fingerprint density at radius 1 is 1.22 bits per heavy atom. The lowest BCUT2D eigenvalue weighted by molar-refractivity contribution is -0.137. The van der Waals surface area contributed by atoms with E-state index in [0.29, 0.717) is 18.6 Å². The van der Waals surface area contributed by atoms with E-state index in [9.17, 15) is 9.59 Å². The van der Waals surface area contributed by atoms with Crippen molar-refractivity contribution in [2.45, 2.75) is 20.3 Å². The summed E-state index contributed by atoms with van der Waals surface area (Å²) in [5, 5.41) is 0. The maximum atomic E-state index is 11.1. The molecular weight excluding hydrogens is 292 g/mol. The van der Waals surface area contributed by atoms with Gasteiger partial charge in [0.1, 0.15) is 0 Å². The van der Waals surface area contributed by atoms with Crippen LogP contribution >= 0.6 is 0 Å². The van der Waals surface area contributed by atoms with Gasteiger partial charge in [0.15, 0.2) is 0 Å². The van der Waals surface area contributed by atoms with Crippen molar-refractivity contribution in [2.75, 3.05) is 13.7 Å². The van der Waals surface area contributed by atoms with Crippen LogP contribution < -0.4 is 0 Å². The van der Waals surface area contributed by atoms with Crippen LogP contribution in [0.25, 0.3) is 5.57 Å². The van der Waals surface area contributed by atoms with Gasteiger partial charge in [-0.2, -0.15) is 0 Å². The highest BCUT2D eigenvalue weighted by atomic mass is 16.5. The largest absolute Gasteiger partial charge is 0.466 e. The van der Waals surface area contributed by atoms with E-state index in [-0.39, 0.29) is 11.9 Å². The van der Waals surface area contributed by atoms with Gasteiger partial charge in [-0.3, -0.25) is 0 Å². The smallest absolute Gasteiger partial charge is 0.333 e. The van der Waals surface area contributed by atoms with E-state index in [1.165, 1.54) is 7.11 Å². The van der Waals surface area contributed by atoms with Crippen molar-refractivity contribution in [1.29, 1.82) is 0 Å². The molecule has 0 aliphatic carbocycles. The third-order valence-electron chi connectivity index (χ3n) is 2.81. The molecule has 0 heterocycles. The van der Waals surface area contributed by atoms with Crippen LogP contribution in [0.5, 0.6) is 0 Å².